The van der Waals surface area contributed by atoms with Gasteiger partial charge in [0.25, 0.3) is 0 Å². The molecule has 0 bridgehead atoms. The van der Waals surface area contributed by atoms with E-state index in [0.717, 1.165) is 36.5 Å². The number of fused-ring (bicyclic) bond motifs is 1. The number of esters is 1. The maximum absolute atomic E-state index is 11.9. The zero-order valence-corrected chi connectivity index (χ0v) is 11.8. The van der Waals surface area contributed by atoms with Crippen molar-refractivity contribution < 1.29 is 9.53 Å². The maximum atomic E-state index is 11.9. The van der Waals surface area contributed by atoms with Gasteiger partial charge in [0, 0.05) is 18.3 Å². The summed E-state index contributed by atoms with van der Waals surface area (Å²) in [6.45, 7) is 2.98. The molecule has 4 heteroatoms. The third kappa shape index (κ3) is 2.11. The summed E-state index contributed by atoms with van der Waals surface area (Å²) in [5, 5.41) is 0. The molecule has 0 aliphatic carbocycles. The number of aromatic nitrogens is 2. The van der Waals surface area contributed by atoms with Crippen LogP contribution in [0.15, 0.2) is 30.5 Å². The van der Waals surface area contributed by atoms with Crippen LogP contribution < -0.4 is 0 Å². The molecular formula is C16H18N2O2. The Hall–Kier alpha value is -2.10. The van der Waals surface area contributed by atoms with Crippen molar-refractivity contribution in [2.75, 3.05) is 7.11 Å². The van der Waals surface area contributed by atoms with E-state index in [4.69, 9.17) is 4.74 Å². The Balaban J connectivity index is 2.02. The lowest BCUT2D eigenvalue weighted by atomic mass is 9.96. The van der Waals surface area contributed by atoms with E-state index in [1.54, 1.807) is 0 Å². The standard InChI is InChI=1S/C16H18N2O2/c1-11-5-7-12(8-6-11)15-17-10-14-13(16(19)20-2)4-3-9-18(14)15/h5-8,10,13H,3-4,9H2,1-2H3. The Morgan fingerprint density at radius 2 is 2.10 bits per heavy atom. The smallest absolute Gasteiger partial charge is 0.314 e. The quantitative estimate of drug-likeness (QED) is 0.788. The zero-order chi connectivity index (χ0) is 14.1. The number of imidazole rings is 1. The molecular weight excluding hydrogens is 252 g/mol. The van der Waals surface area contributed by atoms with Crippen LogP contribution in [-0.2, 0) is 16.1 Å². The number of carbonyl (C=O) groups is 1. The second-order valence-corrected chi connectivity index (χ2v) is 5.24. The monoisotopic (exact) mass is 270 g/mol. The molecule has 0 N–H and O–H groups in total. The number of rotatable bonds is 2. The van der Waals surface area contributed by atoms with Crippen LogP contribution in [0.3, 0.4) is 0 Å². The van der Waals surface area contributed by atoms with E-state index in [-0.39, 0.29) is 11.9 Å². The summed E-state index contributed by atoms with van der Waals surface area (Å²) in [5.74, 6) is 0.593. The summed E-state index contributed by atoms with van der Waals surface area (Å²) in [6, 6.07) is 8.31. The zero-order valence-electron chi connectivity index (χ0n) is 11.8. The van der Waals surface area contributed by atoms with Crippen LogP contribution in [0.1, 0.15) is 30.0 Å². The van der Waals surface area contributed by atoms with Crippen molar-refractivity contribution in [1.29, 1.82) is 0 Å². The SMILES string of the molecule is COC(=O)C1CCCn2c1cnc2-c1ccc(C)cc1. The van der Waals surface area contributed by atoms with E-state index in [1.807, 2.05) is 6.20 Å². The van der Waals surface area contributed by atoms with Gasteiger partial charge in [0.1, 0.15) is 5.82 Å². The van der Waals surface area contributed by atoms with E-state index in [9.17, 15) is 4.79 Å². The molecule has 104 valence electrons. The molecule has 1 aromatic carbocycles. The molecule has 2 heterocycles. The molecule has 4 nitrogen and oxygen atoms in total. The summed E-state index contributed by atoms with van der Waals surface area (Å²) in [7, 11) is 1.44. The molecule has 2 aromatic rings. The van der Waals surface area contributed by atoms with Gasteiger partial charge in [-0.3, -0.25) is 4.79 Å². The molecule has 0 saturated heterocycles. The molecule has 0 spiro atoms. The van der Waals surface area contributed by atoms with Crippen molar-refractivity contribution in [2.24, 2.45) is 0 Å². The third-order valence-electron chi connectivity index (χ3n) is 3.91. The van der Waals surface area contributed by atoms with Crippen molar-refractivity contribution in [2.45, 2.75) is 32.2 Å². The number of hydrogen-bond acceptors (Lipinski definition) is 3. The average Bonchev–Trinajstić information content (AvgIpc) is 2.91. The van der Waals surface area contributed by atoms with E-state index in [0.29, 0.717) is 0 Å². The lowest BCUT2D eigenvalue weighted by Crippen LogP contribution is -2.23. The van der Waals surface area contributed by atoms with Crippen LogP contribution in [-0.4, -0.2) is 22.6 Å². The maximum Gasteiger partial charge on any atom is 0.314 e. The molecule has 0 saturated carbocycles. The number of methoxy groups -OCH3 is 1. The average molecular weight is 270 g/mol. The highest BCUT2D eigenvalue weighted by molar-refractivity contribution is 5.78. The second kappa shape index (κ2) is 5.12. The Bertz CT molecular complexity index is 628. The summed E-state index contributed by atoms with van der Waals surface area (Å²) in [4.78, 5) is 16.4. The molecule has 1 unspecified atom stereocenters. The van der Waals surface area contributed by atoms with Crippen molar-refractivity contribution in [3.63, 3.8) is 0 Å². The first-order valence-electron chi connectivity index (χ1n) is 6.91. The van der Waals surface area contributed by atoms with E-state index < -0.39 is 0 Å². The molecule has 1 aromatic heterocycles. The van der Waals surface area contributed by atoms with Crippen molar-refractivity contribution in [3.8, 4) is 11.4 Å². The van der Waals surface area contributed by atoms with Gasteiger partial charge in [-0.05, 0) is 19.8 Å². The highest BCUT2D eigenvalue weighted by Gasteiger charge is 2.29. The second-order valence-electron chi connectivity index (χ2n) is 5.24. The highest BCUT2D eigenvalue weighted by Crippen LogP contribution is 2.32. The predicted octanol–water partition coefficient (Wildman–Crippen LogP) is 2.91. The Morgan fingerprint density at radius 3 is 2.80 bits per heavy atom. The fourth-order valence-corrected chi connectivity index (χ4v) is 2.82. The van der Waals surface area contributed by atoms with Crippen LogP contribution >= 0.6 is 0 Å². The van der Waals surface area contributed by atoms with Gasteiger partial charge in [0.2, 0.25) is 0 Å². The topological polar surface area (TPSA) is 44.1 Å². The fraction of sp³-hybridized carbons (Fsp3) is 0.375. The third-order valence-corrected chi connectivity index (χ3v) is 3.91. The van der Waals surface area contributed by atoms with E-state index in [1.165, 1.54) is 12.7 Å². The Morgan fingerprint density at radius 1 is 1.35 bits per heavy atom. The van der Waals surface area contributed by atoms with Gasteiger partial charge in [0.15, 0.2) is 0 Å². The largest absolute Gasteiger partial charge is 0.469 e. The van der Waals surface area contributed by atoms with Crippen LogP contribution in [0, 0.1) is 6.92 Å². The number of carbonyl (C=O) groups excluding carboxylic acids is 1. The van der Waals surface area contributed by atoms with E-state index >= 15 is 0 Å². The first-order valence-corrected chi connectivity index (χ1v) is 6.91. The molecule has 1 aliphatic rings. The van der Waals surface area contributed by atoms with Gasteiger partial charge in [-0.2, -0.15) is 0 Å². The predicted molar refractivity (Wildman–Crippen MR) is 76.4 cm³/mol. The van der Waals surface area contributed by atoms with Crippen LogP contribution in [0.25, 0.3) is 11.4 Å². The minimum absolute atomic E-state index is 0.165. The molecule has 0 radical (unpaired) electrons. The van der Waals surface area contributed by atoms with Gasteiger partial charge in [0.05, 0.1) is 18.7 Å². The summed E-state index contributed by atoms with van der Waals surface area (Å²) in [5.41, 5.74) is 3.29. The number of benzene rings is 1. The summed E-state index contributed by atoms with van der Waals surface area (Å²) in [6.07, 6.45) is 3.63. The molecule has 1 atom stereocenters. The lowest BCUT2D eigenvalue weighted by molar-refractivity contribution is -0.143. The van der Waals surface area contributed by atoms with Gasteiger partial charge in [-0.15, -0.1) is 0 Å². The molecule has 0 fully saturated rings. The Labute approximate surface area is 118 Å². The van der Waals surface area contributed by atoms with Crippen molar-refractivity contribution >= 4 is 5.97 Å². The van der Waals surface area contributed by atoms with Crippen LogP contribution in [0.4, 0.5) is 0 Å². The number of hydrogen-bond donors (Lipinski definition) is 0. The normalized spacial score (nSPS) is 17.6. The number of aryl methyl sites for hydroxylation is 1. The minimum atomic E-state index is -0.180. The van der Waals surface area contributed by atoms with Crippen molar-refractivity contribution in [1.82, 2.24) is 9.55 Å². The minimum Gasteiger partial charge on any atom is -0.469 e. The van der Waals surface area contributed by atoms with Crippen molar-refractivity contribution in [3.05, 3.63) is 41.7 Å². The van der Waals surface area contributed by atoms with Gasteiger partial charge in [-0.25, -0.2) is 4.98 Å². The Kier molecular flexibility index (Phi) is 3.30. The van der Waals surface area contributed by atoms with Gasteiger partial charge < -0.3 is 9.30 Å². The highest BCUT2D eigenvalue weighted by atomic mass is 16.5. The lowest BCUT2D eigenvalue weighted by Gasteiger charge is -2.23. The molecule has 3 rings (SSSR count). The first kappa shape index (κ1) is 12.9. The van der Waals surface area contributed by atoms with Gasteiger partial charge in [-0.1, -0.05) is 29.8 Å². The number of ether oxygens (including phenoxy) is 1. The summed E-state index contributed by atoms with van der Waals surface area (Å²) < 4.78 is 7.05. The fourth-order valence-electron chi connectivity index (χ4n) is 2.82. The number of nitrogens with zero attached hydrogens (tertiary/aromatic N) is 2. The molecule has 0 amide bonds. The molecule has 1 aliphatic heterocycles. The van der Waals surface area contributed by atoms with Crippen LogP contribution in [0.2, 0.25) is 0 Å². The van der Waals surface area contributed by atoms with Gasteiger partial charge >= 0.3 is 5.97 Å². The molecule has 20 heavy (non-hydrogen) atoms. The van der Waals surface area contributed by atoms with Crippen LogP contribution in [0.5, 0.6) is 0 Å². The summed E-state index contributed by atoms with van der Waals surface area (Å²) >= 11 is 0. The van der Waals surface area contributed by atoms with E-state index in [2.05, 4.69) is 40.7 Å². The first-order chi connectivity index (χ1) is 9.70.